The summed E-state index contributed by atoms with van der Waals surface area (Å²) in [7, 11) is 1.52. The number of carbonyl (C=O) groups is 4. The van der Waals surface area contributed by atoms with Crippen molar-refractivity contribution in [1.29, 1.82) is 0 Å². The van der Waals surface area contributed by atoms with Gasteiger partial charge in [0.25, 0.3) is 5.91 Å². The van der Waals surface area contributed by atoms with Crippen molar-refractivity contribution in [3.8, 4) is 0 Å². The molecule has 10 heteroatoms. The fourth-order valence-corrected chi connectivity index (χ4v) is 4.50. The van der Waals surface area contributed by atoms with Crippen LogP contribution in [0.3, 0.4) is 0 Å². The van der Waals surface area contributed by atoms with Crippen molar-refractivity contribution in [1.82, 2.24) is 15.5 Å². The normalized spacial score (nSPS) is 16.5. The predicted molar refractivity (Wildman–Crippen MR) is 121 cm³/mol. The first-order valence-corrected chi connectivity index (χ1v) is 10.9. The quantitative estimate of drug-likeness (QED) is 0.379. The molecule has 0 fully saturated rings. The van der Waals surface area contributed by atoms with E-state index in [0.717, 1.165) is 10.4 Å². The van der Waals surface area contributed by atoms with Gasteiger partial charge in [0.1, 0.15) is 0 Å². The standard InChI is InChI=1S/C23H25N3O5S.Na.H/c1-13-6-4-5-7-15(13)11-16-8-9-19(32-16)17(12-20(28)29)24-23(31)25-21-18(27)10-14(2)26(3)22(21)30;;/h4-10,17,21H,11-12H2,1-3H3,(H,28,29)(H2,24,25,31);;/q;+1;-1/t17-,21?;;/m0../s1. The van der Waals surface area contributed by atoms with Crippen LogP contribution in [0.1, 0.15) is 41.7 Å². The van der Waals surface area contributed by atoms with E-state index >= 15 is 0 Å². The summed E-state index contributed by atoms with van der Waals surface area (Å²) in [6, 6.07) is 8.81. The maximum Gasteiger partial charge on any atom is 1.00 e. The molecule has 0 spiro atoms. The van der Waals surface area contributed by atoms with E-state index in [9.17, 15) is 24.3 Å². The zero-order valence-corrected chi connectivity index (χ0v) is 21.9. The number of aryl methyl sites for hydroxylation is 1. The van der Waals surface area contributed by atoms with Crippen molar-refractivity contribution in [3.63, 3.8) is 0 Å². The summed E-state index contributed by atoms with van der Waals surface area (Å²) in [5.41, 5.74) is 2.82. The molecule has 2 heterocycles. The molecule has 2 aromatic rings. The molecule has 1 aliphatic heterocycles. The number of nitrogens with one attached hydrogen (secondary N) is 2. The molecule has 1 aromatic carbocycles. The number of likely N-dealkylation sites (N-methyl/N-ethyl adjacent to an activating group) is 1. The molecule has 0 aliphatic carbocycles. The van der Waals surface area contributed by atoms with Gasteiger partial charge in [-0.3, -0.25) is 14.4 Å². The molecule has 3 amide bonds. The van der Waals surface area contributed by atoms with E-state index in [2.05, 4.69) is 10.6 Å². The number of allylic oxidation sites excluding steroid dienone is 1. The summed E-state index contributed by atoms with van der Waals surface area (Å²) in [4.78, 5) is 51.5. The van der Waals surface area contributed by atoms with Crippen LogP contribution in [0.5, 0.6) is 0 Å². The molecular formula is C23H26N3NaO5S. The van der Waals surface area contributed by atoms with Gasteiger partial charge in [0, 0.05) is 35.0 Å². The Morgan fingerprint density at radius 3 is 2.55 bits per heavy atom. The van der Waals surface area contributed by atoms with Gasteiger partial charge in [0.05, 0.1) is 12.5 Å². The smallest absolute Gasteiger partial charge is 1.00 e. The SMILES string of the molecule is CC1=CC(=O)C(NC(=O)N[C@@H](CC(=O)O)c2ccc(Cc3ccccc3C)s2)C(=O)N1C.[H-].[Na+]. The van der Waals surface area contributed by atoms with Crippen LogP contribution in [0.4, 0.5) is 4.79 Å². The fraction of sp³-hybridized carbons (Fsp3) is 0.304. The first kappa shape index (κ1) is 26.8. The van der Waals surface area contributed by atoms with E-state index in [-0.39, 0.29) is 37.4 Å². The Hall–Kier alpha value is -2.46. The van der Waals surface area contributed by atoms with E-state index in [1.54, 1.807) is 13.0 Å². The monoisotopic (exact) mass is 479 g/mol. The van der Waals surface area contributed by atoms with Crippen LogP contribution in [-0.2, 0) is 20.8 Å². The second-order valence-electron chi connectivity index (χ2n) is 7.69. The Balaban J connectivity index is 0.00000289. The van der Waals surface area contributed by atoms with Crippen LogP contribution in [0.2, 0.25) is 0 Å². The minimum atomic E-state index is -1.34. The van der Waals surface area contributed by atoms with Crippen LogP contribution >= 0.6 is 11.3 Å². The number of rotatable bonds is 7. The number of carbonyl (C=O) groups excluding carboxylic acids is 3. The Labute approximate surface area is 219 Å². The Kier molecular flexibility index (Phi) is 9.42. The number of amides is 3. The Bertz CT molecular complexity index is 1100. The molecule has 1 aliphatic rings. The summed E-state index contributed by atoms with van der Waals surface area (Å²) in [6.07, 6.45) is 1.66. The van der Waals surface area contributed by atoms with Crippen molar-refractivity contribution in [2.45, 2.75) is 38.8 Å². The minimum absolute atomic E-state index is 0. The maximum absolute atomic E-state index is 12.5. The molecule has 0 saturated heterocycles. The molecule has 3 rings (SSSR count). The molecule has 0 saturated carbocycles. The van der Waals surface area contributed by atoms with Crippen molar-refractivity contribution < 1.29 is 55.3 Å². The summed E-state index contributed by atoms with van der Waals surface area (Å²) in [6.45, 7) is 3.66. The third-order valence-electron chi connectivity index (χ3n) is 5.35. The zero-order valence-electron chi connectivity index (χ0n) is 20.0. The number of nitrogens with zero attached hydrogens (tertiary/aromatic N) is 1. The molecule has 2 atom stereocenters. The number of thiophene rings is 1. The van der Waals surface area contributed by atoms with Gasteiger partial charge in [-0.2, -0.15) is 0 Å². The van der Waals surface area contributed by atoms with E-state index in [4.69, 9.17) is 0 Å². The van der Waals surface area contributed by atoms with Crippen LogP contribution in [0, 0.1) is 6.92 Å². The number of urea groups is 1. The second-order valence-corrected chi connectivity index (χ2v) is 8.89. The third kappa shape index (κ3) is 6.77. The van der Waals surface area contributed by atoms with E-state index in [0.29, 0.717) is 17.0 Å². The van der Waals surface area contributed by atoms with E-state index in [1.165, 1.54) is 34.9 Å². The summed E-state index contributed by atoms with van der Waals surface area (Å²) in [5, 5.41) is 14.3. The molecule has 0 bridgehead atoms. The van der Waals surface area contributed by atoms with Crippen LogP contribution < -0.4 is 40.2 Å². The summed E-state index contributed by atoms with van der Waals surface area (Å²) in [5.74, 6) is -2.14. The van der Waals surface area contributed by atoms with Crippen molar-refractivity contribution in [2.75, 3.05) is 7.05 Å². The molecule has 1 unspecified atom stereocenters. The zero-order chi connectivity index (χ0) is 23.4. The minimum Gasteiger partial charge on any atom is -1.00 e. The van der Waals surface area contributed by atoms with Gasteiger partial charge in [-0.15, -0.1) is 11.3 Å². The van der Waals surface area contributed by atoms with Gasteiger partial charge in [0.15, 0.2) is 11.8 Å². The van der Waals surface area contributed by atoms with Gasteiger partial charge in [-0.1, -0.05) is 24.3 Å². The van der Waals surface area contributed by atoms with Crippen LogP contribution in [-0.4, -0.2) is 46.8 Å². The number of hydrogen-bond acceptors (Lipinski definition) is 5. The topological polar surface area (TPSA) is 116 Å². The second kappa shape index (κ2) is 11.6. The average Bonchev–Trinajstić information content (AvgIpc) is 3.19. The van der Waals surface area contributed by atoms with Crippen molar-refractivity contribution >= 4 is 35.0 Å². The maximum atomic E-state index is 12.5. The Morgan fingerprint density at radius 1 is 1.18 bits per heavy atom. The van der Waals surface area contributed by atoms with E-state index in [1.807, 2.05) is 37.3 Å². The molecule has 1 aromatic heterocycles. The molecule has 33 heavy (non-hydrogen) atoms. The summed E-state index contributed by atoms with van der Waals surface area (Å²) < 4.78 is 0. The van der Waals surface area contributed by atoms with Crippen LogP contribution in [0.15, 0.2) is 48.2 Å². The molecule has 170 valence electrons. The number of hydrogen-bond donors (Lipinski definition) is 3. The van der Waals surface area contributed by atoms with Crippen molar-refractivity contribution in [2.24, 2.45) is 0 Å². The number of carboxylic acid groups (broad SMARTS) is 1. The fourth-order valence-electron chi connectivity index (χ4n) is 3.41. The van der Waals surface area contributed by atoms with Gasteiger partial charge in [-0.25, -0.2) is 4.79 Å². The largest absolute Gasteiger partial charge is 1.00 e. The summed E-state index contributed by atoms with van der Waals surface area (Å²) >= 11 is 1.42. The number of ketones is 1. The molecule has 8 nitrogen and oxygen atoms in total. The van der Waals surface area contributed by atoms with Gasteiger partial charge in [-0.05, 0) is 37.1 Å². The number of benzene rings is 1. The average molecular weight is 480 g/mol. The van der Waals surface area contributed by atoms with Gasteiger partial charge >= 0.3 is 41.6 Å². The van der Waals surface area contributed by atoms with Crippen molar-refractivity contribution in [3.05, 3.63) is 69.1 Å². The Morgan fingerprint density at radius 2 is 1.88 bits per heavy atom. The first-order chi connectivity index (χ1) is 15.2. The van der Waals surface area contributed by atoms with Gasteiger partial charge < -0.3 is 22.1 Å². The first-order valence-electron chi connectivity index (χ1n) is 10.1. The number of aliphatic carboxylic acids is 1. The molecular weight excluding hydrogens is 453 g/mol. The predicted octanol–water partition coefficient (Wildman–Crippen LogP) is -0.108. The number of carboxylic acids is 1. The third-order valence-corrected chi connectivity index (χ3v) is 6.55. The van der Waals surface area contributed by atoms with Gasteiger partial charge in [0.2, 0.25) is 0 Å². The van der Waals surface area contributed by atoms with E-state index < -0.39 is 35.8 Å². The molecule has 3 N–H and O–H groups in total. The van der Waals surface area contributed by atoms with Crippen LogP contribution in [0.25, 0.3) is 0 Å². The molecule has 0 radical (unpaired) electrons.